The van der Waals surface area contributed by atoms with Gasteiger partial charge in [0, 0.05) is 25.9 Å². The van der Waals surface area contributed by atoms with Crippen LogP contribution in [0.4, 0.5) is 0 Å². The first kappa shape index (κ1) is 11.0. The number of carbonyl (C=O) groups excluding carboxylic acids is 1. The molecule has 1 atom stereocenters. The van der Waals surface area contributed by atoms with Gasteiger partial charge in [-0.3, -0.25) is 4.79 Å². The van der Waals surface area contributed by atoms with E-state index in [0.717, 1.165) is 25.8 Å². The van der Waals surface area contributed by atoms with Crippen LogP contribution in [0.1, 0.15) is 39.5 Å². The molecule has 0 aromatic heterocycles. The van der Waals surface area contributed by atoms with Gasteiger partial charge in [0.05, 0.1) is 5.71 Å². The van der Waals surface area contributed by atoms with Crippen LogP contribution in [0.5, 0.6) is 0 Å². The number of hydrogen-bond donors (Lipinski definition) is 1. The van der Waals surface area contributed by atoms with E-state index in [0.29, 0.717) is 12.1 Å². The minimum atomic E-state index is 0.125. The molecule has 4 heteroatoms. The molecule has 0 aliphatic carbocycles. The fourth-order valence-electron chi connectivity index (χ4n) is 2.01. The monoisotopic (exact) mass is 198 g/mol. The molecule has 1 fully saturated rings. The van der Waals surface area contributed by atoms with Crippen molar-refractivity contribution in [3.05, 3.63) is 0 Å². The Hall–Kier alpha value is -1.06. The lowest BCUT2D eigenvalue weighted by atomic mass is 9.97. The molecule has 0 saturated carbocycles. The van der Waals surface area contributed by atoms with Crippen LogP contribution >= 0.6 is 0 Å². The van der Waals surface area contributed by atoms with E-state index in [1.54, 1.807) is 13.8 Å². The number of likely N-dealkylation sites (tertiary alicyclic amines) is 1. The predicted molar refractivity (Wildman–Crippen MR) is 54.5 cm³/mol. The quantitative estimate of drug-likeness (QED) is 0.416. The highest BCUT2D eigenvalue weighted by atomic mass is 16.4. The lowest BCUT2D eigenvalue weighted by molar-refractivity contribution is -0.132. The Kier molecular flexibility index (Phi) is 3.92. The third-order valence-electron chi connectivity index (χ3n) is 2.73. The number of hydrogen-bond acceptors (Lipinski definition) is 3. The summed E-state index contributed by atoms with van der Waals surface area (Å²) in [5, 5.41) is 11.7. The lowest BCUT2D eigenvalue weighted by Crippen LogP contribution is -2.43. The van der Waals surface area contributed by atoms with Crippen LogP contribution in [0.25, 0.3) is 0 Å². The van der Waals surface area contributed by atoms with Gasteiger partial charge in [0.25, 0.3) is 0 Å². The zero-order valence-electron chi connectivity index (χ0n) is 8.86. The third kappa shape index (κ3) is 2.72. The van der Waals surface area contributed by atoms with Crippen molar-refractivity contribution in [2.24, 2.45) is 5.16 Å². The van der Waals surface area contributed by atoms with Gasteiger partial charge in [0.15, 0.2) is 0 Å². The average Bonchev–Trinajstić information content (AvgIpc) is 2.18. The van der Waals surface area contributed by atoms with Crippen molar-refractivity contribution in [1.29, 1.82) is 0 Å². The number of carbonyl (C=O) groups is 1. The van der Waals surface area contributed by atoms with Gasteiger partial charge >= 0.3 is 0 Å². The summed E-state index contributed by atoms with van der Waals surface area (Å²) in [5.74, 6) is 0.125. The Morgan fingerprint density at radius 1 is 1.50 bits per heavy atom. The molecule has 0 radical (unpaired) electrons. The minimum Gasteiger partial charge on any atom is -0.411 e. The Morgan fingerprint density at radius 3 is 2.79 bits per heavy atom. The molecule has 1 amide bonds. The summed E-state index contributed by atoms with van der Waals surface area (Å²) in [5.41, 5.74) is 0.697. The molecule has 0 unspecified atom stereocenters. The number of piperidine rings is 1. The summed E-state index contributed by atoms with van der Waals surface area (Å²) in [4.78, 5) is 13.2. The van der Waals surface area contributed by atoms with Crippen LogP contribution in [0.3, 0.4) is 0 Å². The van der Waals surface area contributed by atoms with E-state index in [9.17, 15) is 4.79 Å². The van der Waals surface area contributed by atoms with Crippen LogP contribution < -0.4 is 0 Å². The first-order valence-electron chi connectivity index (χ1n) is 5.10. The minimum absolute atomic E-state index is 0.125. The number of amides is 1. The summed E-state index contributed by atoms with van der Waals surface area (Å²) in [6, 6.07) is 0.233. The molecule has 1 rings (SSSR count). The van der Waals surface area contributed by atoms with Crippen molar-refractivity contribution in [2.75, 3.05) is 6.54 Å². The van der Waals surface area contributed by atoms with E-state index >= 15 is 0 Å². The molecule has 1 heterocycles. The molecule has 1 N–H and O–H groups in total. The molecule has 0 bridgehead atoms. The second-order valence-electron chi connectivity index (χ2n) is 3.90. The number of rotatable bonds is 2. The summed E-state index contributed by atoms with van der Waals surface area (Å²) >= 11 is 0. The second kappa shape index (κ2) is 4.98. The topological polar surface area (TPSA) is 52.9 Å². The molecule has 1 saturated heterocycles. The molecule has 0 spiro atoms. The van der Waals surface area contributed by atoms with Crippen LogP contribution in [-0.4, -0.2) is 34.3 Å². The SMILES string of the molecule is CC(=O)N1CCCC[C@@H]1C/C(C)=N\O. The van der Waals surface area contributed by atoms with E-state index in [1.807, 2.05) is 4.90 Å². The maximum Gasteiger partial charge on any atom is 0.219 e. The first-order chi connectivity index (χ1) is 6.65. The molecule has 0 aromatic rings. The first-order valence-corrected chi connectivity index (χ1v) is 5.10. The van der Waals surface area contributed by atoms with E-state index < -0.39 is 0 Å². The fourth-order valence-corrected chi connectivity index (χ4v) is 2.01. The zero-order valence-corrected chi connectivity index (χ0v) is 8.86. The van der Waals surface area contributed by atoms with Gasteiger partial charge in [-0.2, -0.15) is 0 Å². The molecule has 80 valence electrons. The Labute approximate surface area is 84.6 Å². The van der Waals surface area contributed by atoms with E-state index in [4.69, 9.17) is 5.21 Å². The van der Waals surface area contributed by atoms with Crippen LogP contribution in [0.2, 0.25) is 0 Å². The maximum atomic E-state index is 11.3. The molecule has 14 heavy (non-hydrogen) atoms. The standard InChI is InChI=1S/C10H18N2O2/c1-8(11-14)7-10-5-3-4-6-12(10)9(2)13/h10,14H,3-7H2,1-2H3/b11-8-/t10-/m1/s1. The van der Waals surface area contributed by atoms with Crippen molar-refractivity contribution < 1.29 is 10.0 Å². The van der Waals surface area contributed by atoms with Gasteiger partial charge in [0.1, 0.15) is 0 Å². The van der Waals surface area contributed by atoms with Crippen LogP contribution in [0, 0.1) is 0 Å². The molecule has 4 nitrogen and oxygen atoms in total. The van der Waals surface area contributed by atoms with E-state index in [1.165, 1.54) is 0 Å². The fraction of sp³-hybridized carbons (Fsp3) is 0.800. The highest BCUT2D eigenvalue weighted by Crippen LogP contribution is 2.20. The van der Waals surface area contributed by atoms with Gasteiger partial charge in [-0.05, 0) is 26.2 Å². The maximum absolute atomic E-state index is 11.3. The molecular formula is C10H18N2O2. The Bertz CT molecular complexity index is 238. The van der Waals surface area contributed by atoms with Crippen molar-refractivity contribution in [1.82, 2.24) is 4.90 Å². The zero-order chi connectivity index (χ0) is 10.6. The van der Waals surface area contributed by atoms with E-state index in [2.05, 4.69) is 5.16 Å². The van der Waals surface area contributed by atoms with Gasteiger partial charge < -0.3 is 10.1 Å². The van der Waals surface area contributed by atoms with Gasteiger partial charge in [-0.25, -0.2) is 0 Å². The summed E-state index contributed by atoms with van der Waals surface area (Å²) in [6.07, 6.45) is 3.96. The van der Waals surface area contributed by atoms with Crippen LogP contribution in [-0.2, 0) is 4.79 Å². The Balaban J connectivity index is 2.58. The molecular weight excluding hydrogens is 180 g/mol. The van der Waals surface area contributed by atoms with Crippen molar-refractivity contribution in [2.45, 2.75) is 45.6 Å². The van der Waals surface area contributed by atoms with Gasteiger partial charge in [-0.15, -0.1) is 0 Å². The second-order valence-corrected chi connectivity index (χ2v) is 3.90. The largest absolute Gasteiger partial charge is 0.411 e. The molecule has 1 aliphatic heterocycles. The third-order valence-corrected chi connectivity index (χ3v) is 2.73. The van der Waals surface area contributed by atoms with Crippen molar-refractivity contribution in [3.63, 3.8) is 0 Å². The molecule has 0 aromatic carbocycles. The summed E-state index contributed by atoms with van der Waals surface area (Å²) in [7, 11) is 0. The lowest BCUT2D eigenvalue weighted by Gasteiger charge is -2.34. The normalized spacial score (nSPS) is 23.7. The van der Waals surface area contributed by atoms with Crippen LogP contribution in [0.15, 0.2) is 5.16 Å². The molecule has 1 aliphatic rings. The average molecular weight is 198 g/mol. The van der Waals surface area contributed by atoms with Gasteiger partial charge in [0.2, 0.25) is 5.91 Å². The Morgan fingerprint density at radius 2 is 2.21 bits per heavy atom. The van der Waals surface area contributed by atoms with Crippen molar-refractivity contribution in [3.8, 4) is 0 Å². The number of nitrogens with zero attached hydrogens (tertiary/aromatic N) is 2. The smallest absolute Gasteiger partial charge is 0.219 e. The highest BCUT2D eigenvalue weighted by Gasteiger charge is 2.24. The van der Waals surface area contributed by atoms with E-state index in [-0.39, 0.29) is 11.9 Å². The summed E-state index contributed by atoms with van der Waals surface area (Å²) in [6.45, 7) is 4.23. The number of oxime groups is 1. The highest BCUT2D eigenvalue weighted by molar-refractivity contribution is 5.82. The van der Waals surface area contributed by atoms with Crippen molar-refractivity contribution >= 4 is 11.6 Å². The van der Waals surface area contributed by atoms with Gasteiger partial charge in [-0.1, -0.05) is 5.16 Å². The summed E-state index contributed by atoms with van der Waals surface area (Å²) < 4.78 is 0. The predicted octanol–water partition coefficient (Wildman–Crippen LogP) is 1.63.